The number of carbonyl (C=O) groups excluding carboxylic acids is 1. The zero-order chi connectivity index (χ0) is 28.3. The number of rotatable bonds is 10. The first-order valence-electron chi connectivity index (χ1n) is 12.4. The number of amides is 1. The Morgan fingerprint density at radius 3 is 2.24 bits per heavy atom. The largest absolute Gasteiger partial charge is 0.394 e. The highest BCUT2D eigenvalue weighted by Gasteiger charge is 2.51. The normalized spacial score (nSPS) is 45.5. The lowest BCUT2D eigenvalue weighted by Gasteiger charge is -2.42. The zero-order valence-electron chi connectivity index (χ0n) is 20.6. The lowest BCUT2D eigenvalue weighted by molar-refractivity contribution is -0.280. The number of aliphatic hydroxyl groups excluding tert-OH is 6. The van der Waals surface area contributed by atoms with Crippen LogP contribution in [0.2, 0.25) is 0 Å². The second-order valence-electron chi connectivity index (χ2n) is 9.86. The molecular weight excluding hydrogens is 517 g/mol. The van der Waals surface area contributed by atoms with Crippen LogP contribution < -0.4 is 28.3 Å². The predicted octanol–water partition coefficient (Wildman–Crippen LogP) is -6.81. The molecule has 1 amide bonds. The molecular formula is C21H40FN5O11. The number of carbonyl (C=O) groups is 1. The predicted molar refractivity (Wildman–Crippen MR) is 124 cm³/mol. The summed E-state index contributed by atoms with van der Waals surface area (Å²) < 4.78 is 36.2. The van der Waals surface area contributed by atoms with Crippen LogP contribution in [0.4, 0.5) is 4.39 Å². The third-order valence-electron chi connectivity index (χ3n) is 7.10. The second kappa shape index (κ2) is 13.5. The van der Waals surface area contributed by atoms with Gasteiger partial charge in [0.15, 0.2) is 18.7 Å². The van der Waals surface area contributed by atoms with Crippen LogP contribution in [0.1, 0.15) is 12.8 Å². The van der Waals surface area contributed by atoms with E-state index >= 15 is 0 Å². The lowest BCUT2D eigenvalue weighted by Crippen LogP contribution is -2.64. The van der Waals surface area contributed by atoms with E-state index in [1.54, 1.807) is 0 Å². The Labute approximate surface area is 217 Å². The van der Waals surface area contributed by atoms with E-state index in [0.29, 0.717) is 0 Å². The van der Waals surface area contributed by atoms with Gasteiger partial charge in [-0.15, -0.1) is 0 Å². The van der Waals surface area contributed by atoms with Crippen LogP contribution in [-0.4, -0.2) is 148 Å². The maximum Gasteiger partial charge on any atom is 0.252 e. The molecule has 2 aliphatic heterocycles. The van der Waals surface area contributed by atoms with Gasteiger partial charge in [-0.25, -0.2) is 4.39 Å². The Morgan fingerprint density at radius 1 is 0.974 bits per heavy atom. The average Bonchev–Trinajstić information content (AvgIpc) is 3.19. The van der Waals surface area contributed by atoms with Crippen molar-refractivity contribution in [1.82, 2.24) is 5.32 Å². The molecule has 3 aliphatic rings. The van der Waals surface area contributed by atoms with Crippen LogP contribution in [0.25, 0.3) is 0 Å². The highest BCUT2D eigenvalue weighted by molar-refractivity contribution is 5.81. The fourth-order valence-electron chi connectivity index (χ4n) is 4.83. The third kappa shape index (κ3) is 6.76. The number of hydrogen-bond acceptors (Lipinski definition) is 15. The summed E-state index contributed by atoms with van der Waals surface area (Å²) in [6.45, 7) is -1.36. The van der Waals surface area contributed by atoms with Gasteiger partial charge in [0.1, 0.15) is 48.9 Å². The van der Waals surface area contributed by atoms with Gasteiger partial charge in [0.2, 0.25) is 0 Å². The summed E-state index contributed by atoms with van der Waals surface area (Å²) in [5.74, 6) is -1.09. The van der Waals surface area contributed by atoms with Crippen molar-refractivity contribution in [2.75, 3.05) is 19.7 Å². The molecule has 0 aromatic heterocycles. The quantitative estimate of drug-likeness (QED) is 0.119. The van der Waals surface area contributed by atoms with Gasteiger partial charge in [0, 0.05) is 19.1 Å². The standard InChI is InChI=1S/C21H40FN5O11/c22-7(3-23)13(29)19(34)27-8-1-6(25)2-9(14(8)30)35-21-17(33)18(11(5-28)37-21)38-20-12(26)16(32)15(31)10(4-24)36-20/h6-18,20-21,28-33H,1-5,23-26H2,(H,27,34)/t6-,7-,8+,9-,10-,11+,12+,13+,14-,15+,16+,17+,18+,20+,21+/m0/s1. The molecule has 0 aromatic carbocycles. The Bertz CT molecular complexity index is 775. The van der Waals surface area contributed by atoms with E-state index in [1.165, 1.54) is 0 Å². The minimum absolute atomic E-state index is 0.0887. The number of aliphatic hydroxyl groups is 6. The first-order valence-corrected chi connectivity index (χ1v) is 12.4. The summed E-state index contributed by atoms with van der Waals surface area (Å²) in [5.41, 5.74) is 22.6. The number of halogens is 1. The van der Waals surface area contributed by atoms with Crippen molar-refractivity contribution in [3.63, 3.8) is 0 Å². The van der Waals surface area contributed by atoms with Gasteiger partial charge in [-0.2, -0.15) is 0 Å². The van der Waals surface area contributed by atoms with Crippen molar-refractivity contribution in [3.05, 3.63) is 0 Å². The molecule has 222 valence electrons. The van der Waals surface area contributed by atoms with Crippen LogP contribution in [0.3, 0.4) is 0 Å². The summed E-state index contributed by atoms with van der Waals surface area (Å²) in [5, 5.41) is 63.8. The number of nitrogens with one attached hydrogen (secondary N) is 1. The Morgan fingerprint density at radius 2 is 1.63 bits per heavy atom. The number of alkyl halides is 1. The van der Waals surface area contributed by atoms with E-state index in [9.17, 15) is 39.8 Å². The summed E-state index contributed by atoms with van der Waals surface area (Å²) >= 11 is 0. The molecule has 0 spiro atoms. The molecule has 2 saturated heterocycles. The van der Waals surface area contributed by atoms with Crippen LogP contribution in [0.5, 0.6) is 0 Å². The van der Waals surface area contributed by atoms with E-state index in [-0.39, 0.29) is 19.4 Å². The summed E-state index contributed by atoms with van der Waals surface area (Å²) in [4.78, 5) is 12.2. The van der Waals surface area contributed by atoms with Crippen molar-refractivity contribution in [3.8, 4) is 0 Å². The van der Waals surface area contributed by atoms with Gasteiger partial charge in [-0.3, -0.25) is 4.79 Å². The highest BCUT2D eigenvalue weighted by atomic mass is 19.1. The average molecular weight is 558 g/mol. The molecule has 17 heteroatoms. The smallest absolute Gasteiger partial charge is 0.252 e. The van der Waals surface area contributed by atoms with Gasteiger partial charge in [-0.1, -0.05) is 0 Å². The van der Waals surface area contributed by atoms with Gasteiger partial charge in [0.05, 0.1) is 24.8 Å². The summed E-state index contributed by atoms with van der Waals surface area (Å²) in [7, 11) is 0. The Kier molecular flexibility index (Phi) is 11.1. The maximum absolute atomic E-state index is 13.6. The molecule has 1 saturated carbocycles. The van der Waals surface area contributed by atoms with Gasteiger partial charge < -0.3 is 77.8 Å². The molecule has 38 heavy (non-hydrogen) atoms. The highest BCUT2D eigenvalue weighted by Crippen LogP contribution is 2.32. The van der Waals surface area contributed by atoms with E-state index in [2.05, 4.69) is 5.32 Å². The minimum atomic E-state index is -2.04. The molecule has 3 rings (SSSR count). The van der Waals surface area contributed by atoms with E-state index < -0.39 is 111 Å². The van der Waals surface area contributed by atoms with Crippen molar-refractivity contribution < 1.29 is 58.8 Å². The number of nitrogens with two attached hydrogens (primary N) is 4. The van der Waals surface area contributed by atoms with Crippen molar-refractivity contribution in [1.29, 1.82) is 0 Å². The van der Waals surface area contributed by atoms with Crippen molar-refractivity contribution in [2.45, 2.75) is 105 Å². The fraction of sp³-hybridized carbons (Fsp3) is 0.952. The van der Waals surface area contributed by atoms with E-state index in [4.69, 9.17) is 41.9 Å². The first kappa shape index (κ1) is 31.4. The van der Waals surface area contributed by atoms with Crippen LogP contribution >= 0.6 is 0 Å². The molecule has 15 N–H and O–H groups in total. The molecule has 15 atom stereocenters. The third-order valence-corrected chi connectivity index (χ3v) is 7.10. The number of ether oxygens (including phenoxy) is 4. The van der Waals surface area contributed by atoms with Crippen LogP contribution in [-0.2, 0) is 23.7 Å². The first-order chi connectivity index (χ1) is 17.9. The van der Waals surface area contributed by atoms with Gasteiger partial charge in [-0.05, 0) is 12.8 Å². The molecule has 16 nitrogen and oxygen atoms in total. The van der Waals surface area contributed by atoms with E-state index in [1.807, 2.05) is 0 Å². The Balaban J connectivity index is 1.65. The Hall–Kier alpha value is -1.16. The van der Waals surface area contributed by atoms with Crippen molar-refractivity contribution >= 4 is 5.91 Å². The molecule has 0 aromatic rings. The summed E-state index contributed by atoms with van der Waals surface area (Å²) in [6.07, 6.45) is -16.8. The molecule has 2 heterocycles. The minimum Gasteiger partial charge on any atom is -0.394 e. The molecule has 3 fully saturated rings. The second-order valence-corrected chi connectivity index (χ2v) is 9.86. The monoisotopic (exact) mass is 557 g/mol. The number of hydrogen-bond donors (Lipinski definition) is 11. The fourth-order valence-corrected chi connectivity index (χ4v) is 4.83. The molecule has 0 bridgehead atoms. The SMILES string of the molecule is NC[C@@H]1O[C@H](O[C@H]2[C@@H](O)[C@H](O[C@H]3C[C@@H](N)C[C@@H](NC(=O)[C@H](O)[C@@H](F)CN)[C@@H]3O)O[C@@H]2CO)[C@H](N)[C@@H](O)[C@@H]1O. The zero-order valence-corrected chi connectivity index (χ0v) is 20.6. The van der Waals surface area contributed by atoms with Gasteiger partial charge in [0.25, 0.3) is 5.91 Å². The maximum atomic E-state index is 13.6. The van der Waals surface area contributed by atoms with Crippen LogP contribution in [0, 0.1) is 0 Å². The molecule has 1 aliphatic carbocycles. The lowest BCUT2D eigenvalue weighted by atomic mass is 9.86. The topological polar surface area (TPSA) is 291 Å². The molecule has 0 radical (unpaired) electrons. The van der Waals surface area contributed by atoms with Crippen molar-refractivity contribution in [2.24, 2.45) is 22.9 Å². The van der Waals surface area contributed by atoms with Crippen LogP contribution in [0.15, 0.2) is 0 Å². The van der Waals surface area contributed by atoms with E-state index in [0.717, 1.165) is 0 Å². The van der Waals surface area contributed by atoms with Gasteiger partial charge >= 0.3 is 0 Å². The summed E-state index contributed by atoms with van der Waals surface area (Å²) in [6, 6.07) is -2.83. The molecule has 0 unspecified atom stereocenters.